The second-order valence-corrected chi connectivity index (χ2v) is 32.6. The fourth-order valence-electron chi connectivity index (χ4n) is 7.19. The third kappa shape index (κ3) is 114. The molecule has 0 amide bonds. The smallest absolute Gasteiger partial charge is 0.264 e. The van der Waals surface area contributed by atoms with Gasteiger partial charge in [-0.2, -0.15) is 25.3 Å². The highest BCUT2D eigenvalue weighted by atomic mass is 32.2. The summed E-state index contributed by atoms with van der Waals surface area (Å²) in [6, 6.07) is 51.3. The second kappa shape index (κ2) is 78.2. The Morgan fingerprint density at radius 3 is 0.832 bits per heavy atom. The molecule has 1 aliphatic carbocycles. The summed E-state index contributed by atoms with van der Waals surface area (Å²) in [5.41, 5.74) is 6.51. The third-order valence-electron chi connectivity index (χ3n) is 12.0. The van der Waals surface area contributed by atoms with Crippen molar-refractivity contribution in [2.24, 2.45) is 11.3 Å². The molecule has 6 rings (SSSR count). The molecular weight excluding hydrogens is 1370 g/mol. The van der Waals surface area contributed by atoms with Crippen molar-refractivity contribution in [3.8, 4) is 0 Å². The molecule has 1 N–H and O–H groups in total. The molecule has 0 bridgehead atoms. The van der Waals surface area contributed by atoms with E-state index in [0.717, 1.165) is 57.3 Å². The minimum absolute atomic E-state index is 0.0428. The Bertz CT molecular complexity index is 2780. The third-order valence-corrected chi connectivity index (χ3v) is 15.9. The van der Waals surface area contributed by atoms with Gasteiger partial charge in [0.2, 0.25) is 20.0 Å². The molecule has 0 spiro atoms. The van der Waals surface area contributed by atoms with Gasteiger partial charge in [-0.3, -0.25) is 12.5 Å². The summed E-state index contributed by atoms with van der Waals surface area (Å²) < 4.78 is 124. The van der Waals surface area contributed by atoms with Crippen LogP contribution < -0.4 is 4.72 Å². The van der Waals surface area contributed by atoms with Gasteiger partial charge >= 0.3 is 0 Å². The van der Waals surface area contributed by atoms with Gasteiger partial charge in [0.15, 0.2) is 0 Å². The molecule has 0 radical (unpaired) electrons. The average molecular weight is 1520 g/mol. The van der Waals surface area contributed by atoms with Crippen molar-refractivity contribution in [2.45, 2.75) is 262 Å². The molecular formula is C81H152N2O13S5. The highest BCUT2D eigenvalue weighted by molar-refractivity contribution is 7.89. The van der Waals surface area contributed by atoms with Crippen molar-refractivity contribution >= 4 is 50.4 Å². The summed E-state index contributed by atoms with van der Waals surface area (Å²) in [6.45, 7) is 48.1. The van der Waals surface area contributed by atoms with E-state index >= 15 is 0 Å². The van der Waals surface area contributed by atoms with Crippen LogP contribution >= 0.6 is 0 Å². The van der Waals surface area contributed by atoms with Crippen molar-refractivity contribution in [1.29, 1.82) is 0 Å². The number of hydrogen-bond donors (Lipinski definition) is 1. The zero-order valence-electron chi connectivity index (χ0n) is 69.0. The molecule has 0 heterocycles. The Morgan fingerprint density at radius 2 is 0.673 bits per heavy atom. The Morgan fingerprint density at radius 1 is 0.406 bits per heavy atom. The number of sulfonamides is 2. The van der Waals surface area contributed by atoms with Crippen molar-refractivity contribution in [1.82, 2.24) is 9.03 Å². The fraction of sp³-hybridized carbons (Fsp3) is 0.630. The molecule has 1 saturated carbocycles. The number of benzene rings is 5. The maximum absolute atomic E-state index is 10.8. The van der Waals surface area contributed by atoms with Gasteiger partial charge in [-0.1, -0.05) is 381 Å². The van der Waals surface area contributed by atoms with E-state index in [-0.39, 0.29) is 30.7 Å². The molecule has 594 valence electrons. The molecule has 0 saturated heterocycles. The van der Waals surface area contributed by atoms with Crippen LogP contribution in [0.4, 0.5) is 0 Å². The van der Waals surface area contributed by atoms with Crippen LogP contribution in [0.25, 0.3) is 0 Å². The van der Waals surface area contributed by atoms with E-state index in [4.69, 9.17) is 4.18 Å². The molecule has 5 aromatic carbocycles. The number of nitrogens with zero attached hydrogens (tertiary/aromatic N) is 1. The number of rotatable bonds is 22. The van der Waals surface area contributed by atoms with Crippen LogP contribution in [0, 0.1) is 46.0 Å². The van der Waals surface area contributed by atoms with E-state index in [9.17, 15) is 42.1 Å². The summed E-state index contributed by atoms with van der Waals surface area (Å²) in [7, 11) is -15.6. The molecule has 1 fully saturated rings. The summed E-state index contributed by atoms with van der Waals surface area (Å²) in [4.78, 5) is 0. The van der Waals surface area contributed by atoms with Gasteiger partial charge in [-0.15, -0.1) is 0 Å². The SMILES string of the molecule is CC.CC.CC.CC.CC.CC(C)(C)COS(C)(=O)=O.CC(C)COS(C)(=O)=O.CCCCCCCCCCCCNS(C)(=O)=O.CCN(CC)S(C)(=O)=O.CS(=O)(=O)OC1CCCCC1.Cc1ccccc1.Cc1ccccc1.Cc1ccccc1.Cc1ccccc1.Cc1ccccc1. The summed E-state index contributed by atoms with van der Waals surface area (Å²) >= 11 is 0. The zero-order chi connectivity index (χ0) is 80.3. The first-order valence-corrected chi connectivity index (χ1v) is 46.0. The largest absolute Gasteiger partial charge is 0.270 e. The van der Waals surface area contributed by atoms with Crippen LogP contribution in [0.15, 0.2) is 152 Å². The maximum Gasteiger partial charge on any atom is 0.264 e. The van der Waals surface area contributed by atoms with Gasteiger partial charge in [0, 0.05) is 19.6 Å². The lowest BCUT2D eigenvalue weighted by Gasteiger charge is -2.19. The Labute approximate surface area is 626 Å². The molecule has 15 nitrogen and oxygen atoms in total. The standard InChI is InChI=1S/C13H29NO2S.C7H14O3S.5C7H8.C6H14O3S.C5H13NO2S.C5H12O3S.5C2H6/c1-3-4-5-6-7-8-9-10-11-12-13-14-17(2,15)16;1-11(8,9)10-7-5-3-2-4-6-7;5*1-7-5-3-2-4-6-7;1-6(2,3)5-9-10(4,7)8;1-4-6(5-2)9(3,7)8;1-5(2)4-8-9(3,6)7;5*1-2/h14H,3-13H2,1-2H3;7H,2-6H2,1H3;5*2-6H,1H3;5H2,1-4H3;4-5H2,1-3H3;5H,4H2,1-3H3;5*1-2H3. The summed E-state index contributed by atoms with van der Waals surface area (Å²) in [5.74, 6) is 0.264. The van der Waals surface area contributed by atoms with E-state index in [1.54, 1.807) is 0 Å². The summed E-state index contributed by atoms with van der Waals surface area (Å²) in [6.07, 6.45) is 23.6. The minimum atomic E-state index is -3.26. The topological polar surface area (TPSA) is 214 Å². The van der Waals surface area contributed by atoms with Crippen molar-refractivity contribution in [3.63, 3.8) is 0 Å². The number of aryl methyl sites for hydroxylation is 5. The van der Waals surface area contributed by atoms with Gasteiger partial charge < -0.3 is 0 Å². The van der Waals surface area contributed by atoms with Crippen LogP contribution in [-0.2, 0) is 63.0 Å². The number of unbranched alkanes of at least 4 members (excludes halogenated alkanes) is 9. The highest BCUT2D eigenvalue weighted by Crippen LogP contribution is 2.21. The predicted molar refractivity (Wildman–Crippen MR) is 444 cm³/mol. The second-order valence-electron chi connectivity index (χ2n) is 23.9. The lowest BCUT2D eigenvalue weighted by atomic mass is 9.98. The minimum Gasteiger partial charge on any atom is -0.270 e. The van der Waals surface area contributed by atoms with Gasteiger partial charge in [-0.25, -0.2) is 25.9 Å². The van der Waals surface area contributed by atoms with Gasteiger partial charge in [-0.05, 0) is 65.2 Å². The average Bonchev–Trinajstić information content (AvgIpc) is 0.950. The van der Waals surface area contributed by atoms with E-state index < -0.39 is 50.4 Å². The van der Waals surface area contributed by atoms with Crippen LogP contribution in [0.1, 0.15) is 249 Å². The molecule has 20 heteroatoms. The monoisotopic (exact) mass is 1520 g/mol. The van der Waals surface area contributed by atoms with Crippen LogP contribution in [0.5, 0.6) is 0 Å². The predicted octanol–water partition coefficient (Wildman–Crippen LogP) is 21.8. The Hall–Kier alpha value is -4.35. The lowest BCUT2D eigenvalue weighted by Crippen LogP contribution is -2.29. The first-order valence-electron chi connectivity index (χ1n) is 36.8. The van der Waals surface area contributed by atoms with Gasteiger partial charge in [0.25, 0.3) is 30.4 Å². The van der Waals surface area contributed by atoms with E-state index in [0.29, 0.717) is 19.6 Å². The zero-order valence-corrected chi connectivity index (χ0v) is 73.1. The van der Waals surface area contributed by atoms with E-state index in [1.807, 2.05) is 209 Å². The van der Waals surface area contributed by atoms with Crippen molar-refractivity contribution in [3.05, 3.63) is 179 Å². The van der Waals surface area contributed by atoms with Crippen molar-refractivity contribution in [2.75, 3.05) is 64.1 Å². The summed E-state index contributed by atoms with van der Waals surface area (Å²) in [5, 5.41) is 0. The quantitative estimate of drug-likeness (QED) is 0.0505. The van der Waals surface area contributed by atoms with Crippen LogP contribution in [0.3, 0.4) is 0 Å². The van der Waals surface area contributed by atoms with E-state index in [1.165, 1.54) is 102 Å². The van der Waals surface area contributed by atoms with Gasteiger partial charge in [0.1, 0.15) is 0 Å². The Balaban J connectivity index is -0.000000133. The van der Waals surface area contributed by atoms with Crippen LogP contribution in [-0.4, -0.2) is 117 Å². The molecule has 1 aliphatic rings. The number of nitrogens with one attached hydrogen (secondary N) is 1. The normalized spacial score (nSPS) is 11.3. The molecule has 0 unspecified atom stereocenters. The number of hydrogen-bond acceptors (Lipinski definition) is 13. The molecule has 101 heavy (non-hydrogen) atoms. The highest BCUT2D eigenvalue weighted by Gasteiger charge is 2.18. The van der Waals surface area contributed by atoms with Crippen LogP contribution in [0.2, 0.25) is 0 Å². The maximum atomic E-state index is 10.8. The first-order chi connectivity index (χ1) is 47.3. The molecule has 0 atom stereocenters. The molecule has 0 aliphatic heterocycles. The molecule has 0 aromatic heterocycles. The Kier molecular flexibility index (Phi) is 89.2. The lowest BCUT2D eigenvalue weighted by molar-refractivity contribution is 0.164. The molecule has 5 aromatic rings. The fourth-order valence-corrected chi connectivity index (χ4v) is 10.4. The van der Waals surface area contributed by atoms with Gasteiger partial charge in [0.05, 0.1) is 50.6 Å². The first kappa shape index (κ1) is 115. The van der Waals surface area contributed by atoms with E-state index in [2.05, 4.69) is 115 Å². The van der Waals surface area contributed by atoms with Crippen molar-refractivity contribution < 1.29 is 54.6 Å².